The zero-order chi connectivity index (χ0) is 23.7. The molecule has 0 aromatic heterocycles. The van der Waals surface area contributed by atoms with Crippen LogP contribution in [0.15, 0.2) is 47.4 Å². The summed E-state index contributed by atoms with van der Waals surface area (Å²) in [5.74, 6) is -0.731. The van der Waals surface area contributed by atoms with Gasteiger partial charge in [0.15, 0.2) is 0 Å². The summed E-state index contributed by atoms with van der Waals surface area (Å²) >= 11 is 5.86. The Morgan fingerprint density at radius 1 is 1.03 bits per heavy atom. The summed E-state index contributed by atoms with van der Waals surface area (Å²) in [6.07, 6.45) is -4.75. The van der Waals surface area contributed by atoms with Crippen molar-refractivity contribution < 1.29 is 39.9 Å². The summed E-state index contributed by atoms with van der Waals surface area (Å²) in [6.45, 7) is -3.55. The molecule has 13 heteroatoms. The Kier molecular flexibility index (Phi) is 6.96. The van der Waals surface area contributed by atoms with Crippen LogP contribution >= 0.6 is 11.6 Å². The predicted molar refractivity (Wildman–Crippen MR) is 104 cm³/mol. The number of benzene rings is 2. The maximum absolute atomic E-state index is 13.0. The molecule has 0 radical (unpaired) electrons. The van der Waals surface area contributed by atoms with E-state index in [1.54, 1.807) is 0 Å². The number of carbonyl (C=O) groups is 1. The first-order valence-corrected chi connectivity index (χ1v) is 10.9. The van der Waals surface area contributed by atoms with Gasteiger partial charge in [0.05, 0.1) is 10.6 Å². The molecule has 32 heavy (non-hydrogen) atoms. The van der Waals surface area contributed by atoms with Crippen molar-refractivity contribution in [2.24, 2.45) is 0 Å². The third-order valence-electron chi connectivity index (χ3n) is 4.71. The number of amides is 1. The largest absolute Gasteiger partial charge is 0.435 e. The number of rotatable bonds is 5. The molecule has 6 nitrogen and oxygen atoms in total. The molecule has 0 aliphatic carbocycles. The van der Waals surface area contributed by atoms with Crippen molar-refractivity contribution in [1.82, 2.24) is 9.21 Å². The summed E-state index contributed by atoms with van der Waals surface area (Å²) in [4.78, 5) is 13.3. The molecule has 0 bridgehead atoms. The predicted octanol–water partition coefficient (Wildman–Crippen LogP) is 4.11. The molecule has 0 saturated carbocycles. The van der Waals surface area contributed by atoms with Gasteiger partial charge in [0.2, 0.25) is 10.0 Å². The Balaban J connectivity index is 1.74. The molecule has 2 aromatic carbocycles. The average molecular weight is 499 g/mol. The maximum Gasteiger partial charge on any atom is 0.416 e. The Morgan fingerprint density at radius 3 is 2.28 bits per heavy atom. The van der Waals surface area contributed by atoms with Crippen LogP contribution in [0, 0.1) is 0 Å². The van der Waals surface area contributed by atoms with E-state index in [4.69, 9.17) is 11.6 Å². The van der Waals surface area contributed by atoms with Crippen LogP contribution in [0.3, 0.4) is 0 Å². The van der Waals surface area contributed by atoms with Gasteiger partial charge in [-0.3, -0.25) is 4.79 Å². The standard InChI is InChI=1S/C19H16ClF5N2O4S/c20-15-5-4-13(19(23,24)25)11-16(15)32(29,30)27-8-6-26(7-9-27)17(28)12-2-1-3-14(10-12)31-18(21)22/h1-5,10-11,18H,6-9H2. The van der Waals surface area contributed by atoms with E-state index in [1.165, 1.54) is 23.1 Å². The van der Waals surface area contributed by atoms with Gasteiger partial charge in [0, 0.05) is 31.7 Å². The van der Waals surface area contributed by atoms with Crippen LogP contribution in [0.4, 0.5) is 22.0 Å². The van der Waals surface area contributed by atoms with Crippen molar-refractivity contribution in [2.75, 3.05) is 26.2 Å². The van der Waals surface area contributed by atoms with Crippen molar-refractivity contribution in [3.05, 3.63) is 58.6 Å². The molecule has 1 fully saturated rings. The number of sulfonamides is 1. The highest BCUT2D eigenvalue weighted by atomic mass is 35.5. The van der Waals surface area contributed by atoms with Crippen molar-refractivity contribution >= 4 is 27.5 Å². The number of carbonyl (C=O) groups excluding carboxylic acids is 1. The van der Waals surface area contributed by atoms with Crippen LogP contribution in [0.5, 0.6) is 5.75 Å². The molecule has 1 aliphatic rings. The molecule has 0 atom stereocenters. The molecule has 3 rings (SSSR count). The van der Waals surface area contributed by atoms with Crippen molar-refractivity contribution in [2.45, 2.75) is 17.7 Å². The number of nitrogens with zero attached hydrogens (tertiary/aromatic N) is 2. The Labute approximate surface area is 185 Å². The second kappa shape index (κ2) is 9.20. The molecule has 1 saturated heterocycles. The zero-order valence-electron chi connectivity index (χ0n) is 16.2. The minimum atomic E-state index is -4.75. The number of hydrogen-bond acceptors (Lipinski definition) is 4. The minimum absolute atomic E-state index is 0.0609. The lowest BCUT2D eigenvalue weighted by molar-refractivity contribution is -0.137. The van der Waals surface area contributed by atoms with E-state index >= 15 is 0 Å². The summed E-state index contributed by atoms with van der Waals surface area (Å²) in [6, 6.07) is 7.18. The van der Waals surface area contributed by atoms with E-state index in [1.807, 2.05) is 0 Å². The lowest BCUT2D eigenvalue weighted by Gasteiger charge is -2.34. The van der Waals surface area contributed by atoms with Gasteiger partial charge in [-0.2, -0.15) is 26.3 Å². The monoisotopic (exact) mass is 498 g/mol. The third-order valence-corrected chi connectivity index (χ3v) is 7.09. The van der Waals surface area contributed by atoms with Crippen LogP contribution < -0.4 is 4.74 Å². The molecule has 1 amide bonds. The van der Waals surface area contributed by atoms with E-state index in [0.29, 0.717) is 12.1 Å². The quantitative estimate of drug-likeness (QED) is 0.582. The van der Waals surface area contributed by atoms with Gasteiger partial charge in [-0.05, 0) is 36.4 Å². The first kappa shape index (κ1) is 24.2. The lowest BCUT2D eigenvalue weighted by atomic mass is 10.1. The Morgan fingerprint density at radius 2 is 1.69 bits per heavy atom. The van der Waals surface area contributed by atoms with Gasteiger partial charge < -0.3 is 9.64 Å². The van der Waals surface area contributed by atoms with Crippen molar-refractivity contribution in [1.29, 1.82) is 0 Å². The number of halogens is 6. The Hall–Kier alpha value is -2.44. The highest BCUT2D eigenvalue weighted by Gasteiger charge is 2.36. The molecular weight excluding hydrogens is 483 g/mol. The van der Waals surface area contributed by atoms with Crippen LogP contribution in [0.1, 0.15) is 15.9 Å². The van der Waals surface area contributed by atoms with E-state index in [0.717, 1.165) is 16.4 Å². The Bertz CT molecular complexity index is 1100. The smallest absolute Gasteiger partial charge is 0.416 e. The van der Waals surface area contributed by atoms with Gasteiger partial charge in [0.1, 0.15) is 10.6 Å². The molecule has 2 aromatic rings. The first-order chi connectivity index (χ1) is 14.9. The summed E-state index contributed by atoms with van der Waals surface area (Å²) in [5.41, 5.74) is -1.08. The minimum Gasteiger partial charge on any atom is -0.435 e. The number of ether oxygens (including phenoxy) is 1. The van der Waals surface area contributed by atoms with Crippen molar-refractivity contribution in [3.8, 4) is 5.75 Å². The van der Waals surface area contributed by atoms with E-state index in [2.05, 4.69) is 4.74 Å². The number of alkyl halides is 5. The van der Waals surface area contributed by atoms with Gasteiger partial charge in [-0.1, -0.05) is 17.7 Å². The van der Waals surface area contributed by atoms with E-state index in [9.17, 15) is 35.2 Å². The van der Waals surface area contributed by atoms with Gasteiger partial charge >= 0.3 is 12.8 Å². The summed E-state index contributed by atoms with van der Waals surface area (Å²) in [5, 5.41) is -0.354. The van der Waals surface area contributed by atoms with Gasteiger partial charge in [-0.15, -0.1) is 0 Å². The SMILES string of the molecule is O=C(c1cccc(OC(F)F)c1)N1CCN(S(=O)(=O)c2cc(C(F)(F)F)ccc2Cl)CC1. The fraction of sp³-hybridized carbons (Fsp3) is 0.316. The topological polar surface area (TPSA) is 66.9 Å². The average Bonchev–Trinajstić information content (AvgIpc) is 2.72. The molecule has 1 aliphatic heterocycles. The van der Waals surface area contributed by atoms with Crippen LogP contribution in [0.25, 0.3) is 0 Å². The fourth-order valence-corrected chi connectivity index (χ4v) is 5.06. The van der Waals surface area contributed by atoms with E-state index in [-0.39, 0.29) is 42.5 Å². The van der Waals surface area contributed by atoms with Crippen molar-refractivity contribution in [3.63, 3.8) is 0 Å². The first-order valence-electron chi connectivity index (χ1n) is 9.10. The van der Waals surface area contributed by atoms with Crippen LogP contribution in [-0.4, -0.2) is 56.3 Å². The van der Waals surface area contributed by atoms with Gasteiger partial charge in [-0.25, -0.2) is 8.42 Å². The molecule has 0 unspecified atom stereocenters. The summed E-state index contributed by atoms with van der Waals surface area (Å²) in [7, 11) is -4.35. The zero-order valence-corrected chi connectivity index (χ0v) is 17.7. The number of hydrogen-bond donors (Lipinski definition) is 0. The fourth-order valence-electron chi connectivity index (χ4n) is 3.14. The molecular formula is C19H16ClF5N2O4S. The lowest BCUT2D eigenvalue weighted by Crippen LogP contribution is -2.50. The molecule has 174 valence electrons. The third kappa shape index (κ3) is 5.30. The highest BCUT2D eigenvalue weighted by molar-refractivity contribution is 7.89. The second-order valence-electron chi connectivity index (χ2n) is 6.75. The molecule has 0 N–H and O–H groups in total. The normalized spacial score (nSPS) is 15.8. The highest BCUT2D eigenvalue weighted by Crippen LogP contribution is 2.34. The van der Waals surface area contributed by atoms with Crippen LogP contribution in [-0.2, 0) is 16.2 Å². The van der Waals surface area contributed by atoms with Gasteiger partial charge in [0.25, 0.3) is 5.91 Å². The van der Waals surface area contributed by atoms with E-state index < -0.39 is 39.2 Å². The number of piperazine rings is 1. The molecule has 0 spiro atoms. The molecule has 1 heterocycles. The second-order valence-corrected chi connectivity index (χ2v) is 9.06. The maximum atomic E-state index is 13.0. The summed E-state index contributed by atoms with van der Waals surface area (Å²) < 4.78 is 94.6. The van der Waals surface area contributed by atoms with Crippen LogP contribution in [0.2, 0.25) is 5.02 Å².